The normalized spacial score (nSPS) is 12.2. The molecular formula is C47H93NO5. The summed E-state index contributed by atoms with van der Waals surface area (Å²) in [4.78, 5) is 27.6. The first-order valence-corrected chi connectivity index (χ1v) is 23.7. The molecule has 316 valence electrons. The second kappa shape index (κ2) is 42.0. The topological polar surface area (TPSA) is 76.1 Å². The van der Waals surface area contributed by atoms with Crippen LogP contribution in [-0.2, 0) is 19.1 Å². The summed E-state index contributed by atoms with van der Waals surface area (Å²) >= 11 is 0. The van der Waals surface area contributed by atoms with E-state index in [4.69, 9.17) is 9.47 Å². The van der Waals surface area contributed by atoms with Gasteiger partial charge < -0.3 is 19.5 Å². The van der Waals surface area contributed by atoms with Gasteiger partial charge in [-0.15, -0.1) is 0 Å². The van der Waals surface area contributed by atoms with E-state index in [-0.39, 0.29) is 30.8 Å². The maximum absolute atomic E-state index is 12.7. The molecule has 0 saturated heterocycles. The number of nitrogens with zero attached hydrogens (tertiary/aromatic N) is 1. The van der Waals surface area contributed by atoms with Gasteiger partial charge in [-0.2, -0.15) is 0 Å². The number of aliphatic hydroxyl groups excluding tert-OH is 1. The van der Waals surface area contributed by atoms with E-state index >= 15 is 0 Å². The van der Waals surface area contributed by atoms with Crippen molar-refractivity contribution in [1.29, 1.82) is 0 Å². The molecule has 0 aromatic rings. The fourth-order valence-electron chi connectivity index (χ4n) is 7.54. The van der Waals surface area contributed by atoms with E-state index in [1.165, 1.54) is 128 Å². The molecule has 53 heavy (non-hydrogen) atoms. The van der Waals surface area contributed by atoms with Crippen molar-refractivity contribution >= 4 is 11.9 Å². The highest BCUT2D eigenvalue weighted by atomic mass is 16.5. The summed E-state index contributed by atoms with van der Waals surface area (Å²) in [6.45, 7) is 12.0. The first kappa shape index (κ1) is 51.9. The quantitative estimate of drug-likeness (QED) is 0.0494. The Hall–Kier alpha value is -1.14. The molecule has 1 N–H and O–H groups in total. The average molecular weight is 752 g/mol. The third kappa shape index (κ3) is 37.6. The number of unbranched alkanes of at least 4 members (excludes halogenated alkanes) is 23. The second-order valence-electron chi connectivity index (χ2n) is 16.3. The van der Waals surface area contributed by atoms with Crippen LogP contribution in [0.3, 0.4) is 0 Å². The maximum Gasteiger partial charge on any atom is 0.306 e. The summed E-state index contributed by atoms with van der Waals surface area (Å²) in [6, 6.07) is 0. The van der Waals surface area contributed by atoms with Crippen molar-refractivity contribution in [2.24, 2.45) is 0 Å². The van der Waals surface area contributed by atoms with Crippen molar-refractivity contribution in [3.05, 3.63) is 0 Å². The van der Waals surface area contributed by atoms with E-state index in [2.05, 4.69) is 32.6 Å². The van der Waals surface area contributed by atoms with Crippen LogP contribution in [0.4, 0.5) is 0 Å². The Kier molecular flexibility index (Phi) is 41.1. The van der Waals surface area contributed by atoms with Gasteiger partial charge in [-0.3, -0.25) is 9.59 Å². The lowest BCUT2D eigenvalue weighted by Gasteiger charge is -2.21. The monoisotopic (exact) mass is 752 g/mol. The molecule has 0 saturated carbocycles. The molecule has 0 radical (unpaired) electrons. The molecule has 0 spiro atoms. The molecular weight excluding hydrogens is 659 g/mol. The Labute approximate surface area is 331 Å². The molecule has 0 aliphatic carbocycles. The van der Waals surface area contributed by atoms with E-state index in [1.54, 1.807) is 0 Å². The molecule has 6 heteroatoms. The molecule has 0 amide bonds. The van der Waals surface area contributed by atoms with Crippen LogP contribution in [0.25, 0.3) is 0 Å². The Balaban J connectivity index is 4.08. The summed E-state index contributed by atoms with van der Waals surface area (Å²) in [5, 5.41) is 9.59. The number of carbonyl (C=O) groups excluding carboxylic acids is 2. The van der Waals surface area contributed by atoms with Crippen LogP contribution in [0.5, 0.6) is 0 Å². The molecule has 0 rings (SSSR count). The van der Waals surface area contributed by atoms with Gasteiger partial charge in [0.05, 0.1) is 6.61 Å². The molecule has 1 unspecified atom stereocenters. The minimum absolute atomic E-state index is 0.00488. The fraction of sp³-hybridized carbons (Fsp3) is 0.957. The summed E-state index contributed by atoms with van der Waals surface area (Å²) < 4.78 is 11.9. The minimum atomic E-state index is -0.00488. The zero-order valence-electron chi connectivity index (χ0n) is 36.3. The molecule has 0 fully saturated rings. The Morgan fingerprint density at radius 1 is 0.396 bits per heavy atom. The molecule has 0 aliphatic heterocycles. The predicted octanol–water partition coefficient (Wildman–Crippen LogP) is 13.8. The van der Waals surface area contributed by atoms with Crippen molar-refractivity contribution in [3.63, 3.8) is 0 Å². The minimum Gasteiger partial charge on any atom is -0.462 e. The van der Waals surface area contributed by atoms with Gasteiger partial charge >= 0.3 is 11.9 Å². The Morgan fingerprint density at radius 3 is 1.08 bits per heavy atom. The van der Waals surface area contributed by atoms with Crippen LogP contribution < -0.4 is 0 Å². The van der Waals surface area contributed by atoms with Crippen LogP contribution in [-0.4, -0.2) is 60.4 Å². The third-order valence-corrected chi connectivity index (χ3v) is 11.0. The van der Waals surface area contributed by atoms with Gasteiger partial charge in [0, 0.05) is 19.4 Å². The standard InChI is InChI=1S/C47H93NO5/c1-5-9-12-15-20-27-35-44(34-8-4)52-46(50)38-30-23-18-25-32-40-48(42-43-49)41-33-26-19-24-31-39-47(51)53-45(36-28-21-16-13-10-6-2)37-29-22-17-14-11-7-3/h44-45,49H,5-43H2,1-4H3. The lowest BCUT2D eigenvalue weighted by Crippen LogP contribution is -2.29. The predicted molar refractivity (Wildman–Crippen MR) is 228 cm³/mol. The number of rotatable bonds is 43. The zero-order chi connectivity index (χ0) is 38.9. The van der Waals surface area contributed by atoms with Crippen molar-refractivity contribution in [2.45, 2.75) is 265 Å². The summed E-state index contributed by atoms with van der Waals surface area (Å²) in [5.74, 6) is 0.00941. The van der Waals surface area contributed by atoms with E-state index in [1.807, 2.05) is 0 Å². The fourth-order valence-corrected chi connectivity index (χ4v) is 7.54. The third-order valence-electron chi connectivity index (χ3n) is 11.0. The average Bonchev–Trinajstić information content (AvgIpc) is 3.14. The summed E-state index contributed by atoms with van der Waals surface area (Å²) in [5.41, 5.74) is 0. The highest BCUT2D eigenvalue weighted by molar-refractivity contribution is 5.69. The molecule has 0 aromatic carbocycles. The van der Waals surface area contributed by atoms with Crippen LogP contribution in [0.1, 0.15) is 252 Å². The SMILES string of the molecule is CCCCCCCCC(CCC)OC(=O)CCCCCCCN(CCO)CCCCCCCC(=O)OC(CCCCCCCC)CCCCCCCC. The van der Waals surface area contributed by atoms with Crippen LogP contribution in [0, 0.1) is 0 Å². The highest BCUT2D eigenvalue weighted by Crippen LogP contribution is 2.19. The van der Waals surface area contributed by atoms with Gasteiger partial charge in [-0.05, 0) is 83.7 Å². The van der Waals surface area contributed by atoms with Gasteiger partial charge in [-0.25, -0.2) is 0 Å². The Morgan fingerprint density at radius 2 is 0.717 bits per heavy atom. The van der Waals surface area contributed by atoms with Gasteiger partial charge in [0.25, 0.3) is 0 Å². The number of hydrogen-bond donors (Lipinski definition) is 1. The number of hydrogen-bond acceptors (Lipinski definition) is 6. The Bertz CT molecular complexity index is 745. The van der Waals surface area contributed by atoms with Crippen molar-refractivity contribution in [3.8, 4) is 0 Å². The summed E-state index contributed by atoms with van der Waals surface area (Å²) in [6.07, 6.45) is 40.5. The number of carbonyl (C=O) groups is 2. The first-order chi connectivity index (χ1) is 26.0. The lowest BCUT2D eigenvalue weighted by molar-refractivity contribution is -0.151. The van der Waals surface area contributed by atoms with Crippen LogP contribution >= 0.6 is 0 Å². The molecule has 1 atom stereocenters. The molecule has 0 aliphatic rings. The van der Waals surface area contributed by atoms with Gasteiger partial charge in [0.2, 0.25) is 0 Å². The van der Waals surface area contributed by atoms with E-state index < -0.39 is 0 Å². The second-order valence-corrected chi connectivity index (χ2v) is 16.3. The van der Waals surface area contributed by atoms with Crippen molar-refractivity contribution in [1.82, 2.24) is 4.90 Å². The number of ether oxygens (including phenoxy) is 2. The molecule has 6 nitrogen and oxygen atoms in total. The summed E-state index contributed by atoms with van der Waals surface area (Å²) in [7, 11) is 0. The maximum atomic E-state index is 12.7. The zero-order valence-corrected chi connectivity index (χ0v) is 36.3. The van der Waals surface area contributed by atoms with E-state index in [0.717, 1.165) is 103 Å². The number of esters is 2. The molecule has 0 aromatic heterocycles. The van der Waals surface area contributed by atoms with E-state index in [0.29, 0.717) is 12.8 Å². The first-order valence-electron chi connectivity index (χ1n) is 23.7. The van der Waals surface area contributed by atoms with Gasteiger partial charge in [0.1, 0.15) is 12.2 Å². The van der Waals surface area contributed by atoms with Crippen LogP contribution in [0.15, 0.2) is 0 Å². The number of aliphatic hydroxyl groups is 1. The molecule has 0 heterocycles. The van der Waals surface area contributed by atoms with Gasteiger partial charge in [-0.1, -0.05) is 169 Å². The highest BCUT2D eigenvalue weighted by Gasteiger charge is 2.15. The molecule has 0 bridgehead atoms. The lowest BCUT2D eigenvalue weighted by atomic mass is 10.0. The van der Waals surface area contributed by atoms with Crippen molar-refractivity contribution < 1.29 is 24.2 Å². The smallest absolute Gasteiger partial charge is 0.306 e. The van der Waals surface area contributed by atoms with Gasteiger partial charge in [0.15, 0.2) is 0 Å². The largest absolute Gasteiger partial charge is 0.462 e. The van der Waals surface area contributed by atoms with Crippen molar-refractivity contribution in [2.75, 3.05) is 26.2 Å². The van der Waals surface area contributed by atoms with E-state index in [9.17, 15) is 14.7 Å². The van der Waals surface area contributed by atoms with Crippen LogP contribution in [0.2, 0.25) is 0 Å².